The van der Waals surface area contributed by atoms with Crippen molar-refractivity contribution < 1.29 is 0 Å². The van der Waals surface area contributed by atoms with Crippen molar-refractivity contribution in [2.24, 2.45) is 22.7 Å². The van der Waals surface area contributed by atoms with E-state index in [1.54, 1.807) is 0 Å². The summed E-state index contributed by atoms with van der Waals surface area (Å²) in [6.07, 6.45) is 9.04. The molecule has 0 saturated heterocycles. The number of hydrogen-bond acceptors (Lipinski definition) is 2. The van der Waals surface area contributed by atoms with Gasteiger partial charge in [0.25, 0.3) is 0 Å². The second-order valence-electron chi connectivity index (χ2n) is 6.67. The van der Waals surface area contributed by atoms with E-state index in [9.17, 15) is 0 Å². The van der Waals surface area contributed by atoms with Crippen LogP contribution in [0.3, 0.4) is 0 Å². The number of pyridine rings is 1. The van der Waals surface area contributed by atoms with E-state index in [4.69, 9.17) is 0 Å². The Labute approximate surface area is 157 Å². The van der Waals surface area contributed by atoms with Gasteiger partial charge in [0.15, 0.2) is 5.96 Å². The molecule has 0 aromatic carbocycles. The smallest absolute Gasteiger partial charge is 0.191 e. The molecule has 5 heteroatoms. The second kappa shape index (κ2) is 9.45. The molecule has 2 fully saturated rings. The molecule has 1 aromatic heterocycles. The van der Waals surface area contributed by atoms with Crippen molar-refractivity contribution in [2.45, 2.75) is 45.6 Å². The highest BCUT2D eigenvalue weighted by atomic mass is 127. The Morgan fingerprint density at radius 3 is 2.83 bits per heavy atom. The molecule has 2 N–H and O–H groups in total. The number of aliphatic imine (C=N–C) groups is 1. The maximum Gasteiger partial charge on any atom is 0.191 e. The van der Waals surface area contributed by atoms with Gasteiger partial charge in [-0.25, -0.2) is 4.99 Å². The van der Waals surface area contributed by atoms with Crippen LogP contribution in [0.1, 0.15) is 44.7 Å². The molecule has 23 heavy (non-hydrogen) atoms. The van der Waals surface area contributed by atoms with Gasteiger partial charge < -0.3 is 10.6 Å². The Hall–Kier alpha value is -0.850. The fourth-order valence-electron chi connectivity index (χ4n) is 4.10. The zero-order valence-electron chi connectivity index (χ0n) is 14.0. The summed E-state index contributed by atoms with van der Waals surface area (Å²) in [5.41, 5.74) is 1.01. The Kier molecular flexibility index (Phi) is 7.59. The lowest BCUT2D eigenvalue weighted by Gasteiger charge is -2.22. The third-order valence-electron chi connectivity index (χ3n) is 5.16. The third kappa shape index (κ3) is 5.33. The molecule has 0 spiro atoms. The van der Waals surface area contributed by atoms with E-state index in [1.165, 1.54) is 32.1 Å². The lowest BCUT2D eigenvalue weighted by atomic mass is 9.86. The van der Waals surface area contributed by atoms with Gasteiger partial charge in [-0.05, 0) is 62.5 Å². The van der Waals surface area contributed by atoms with Crippen LogP contribution in [-0.2, 0) is 6.54 Å². The maximum atomic E-state index is 4.63. The van der Waals surface area contributed by atoms with Crippen LogP contribution < -0.4 is 10.6 Å². The quantitative estimate of drug-likeness (QED) is 0.414. The molecule has 2 aliphatic rings. The third-order valence-corrected chi connectivity index (χ3v) is 5.16. The van der Waals surface area contributed by atoms with Crippen molar-refractivity contribution in [1.29, 1.82) is 0 Å². The molecule has 0 radical (unpaired) electrons. The summed E-state index contributed by atoms with van der Waals surface area (Å²) in [6, 6.07) is 5.96. The average Bonchev–Trinajstić information content (AvgIpc) is 3.16. The van der Waals surface area contributed by atoms with Crippen molar-refractivity contribution in [3.8, 4) is 0 Å². The minimum atomic E-state index is 0. The van der Waals surface area contributed by atoms with Gasteiger partial charge in [0.2, 0.25) is 0 Å². The Morgan fingerprint density at radius 2 is 2.17 bits per heavy atom. The Bertz CT molecular complexity index is 491. The molecule has 2 aliphatic carbocycles. The average molecular weight is 428 g/mol. The minimum absolute atomic E-state index is 0. The van der Waals surface area contributed by atoms with Gasteiger partial charge in [-0.15, -0.1) is 24.0 Å². The molecule has 1 aromatic rings. The van der Waals surface area contributed by atoms with E-state index in [-0.39, 0.29) is 24.0 Å². The first-order chi connectivity index (χ1) is 10.8. The van der Waals surface area contributed by atoms with Crippen LogP contribution in [0.4, 0.5) is 0 Å². The van der Waals surface area contributed by atoms with E-state index in [0.717, 1.165) is 42.5 Å². The molecule has 3 unspecified atom stereocenters. The molecule has 128 valence electrons. The second-order valence-corrected chi connectivity index (χ2v) is 6.67. The van der Waals surface area contributed by atoms with Crippen molar-refractivity contribution in [2.75, 3.05) is 13.1 Å². The van der Waals surface area contributed by atoms with Crippen LogP contribution >= 0.6 is 24.0 Å². The largest absolute Gasteiger partial charge is 0.357 e. The van der Waals surface area contributed by atoms with Gasteiger partial charge in [0, 0.05) is 19.3 Å². The summed E-state index contributed by atoms with van der Waals surface area (Å²) in [5.74, 6) is 3.92. The molecular formula is C18H29IN4. The molecular weight excluding hydrogens is 399 g/mol. The van der Waals surface area contributed by atoms with Crippen LogP contribution in [0, 0.1) is 17.8 Å². The zero-order valence-corrected chi connectivity index (χ0v) is 16.3. The normalized spacial score (nSPS) is 26.0. The molecule has 4 nitrogen and oxygen atoms in total. The number of guanidine groups is 1. The standard InChI is InChI=1S/C18H28N4.HI/c1-2-19-18(22-13-17-5-3-4-9-20-17)21-10-8-16-12-14-6-7-15(16)11-14;/h3-5,9,14-16H,2,6-8,10-13H2,1H3,(H2,19,21,22);1H. The van der Waals surface area contributed by atoms with E-state index < -0.39 is 0 Å². The topological polar surface area (TPSA) is 49.3 Å². The van der Waals surface area contributed by atoms with Gasteiger partial charge in [-0.3, -0.25) is 4.98 Å². The summed E-state index contributed by atoms with van der Waals surface area (Å²) in [7, 11) is 0. The van der Waals surface area contributed by atoms with Gasteiger partial charge in [-0.1, -0.05) is 12.5 Å². The Balaban J connectivity index is 0.00000192. The van der Waals surface area contributed by atoms with E-state index in [1.807, 2.05) is 24.4 Å². The van der Waals surface area contributed by atoms with Crippen molar-refractivity contribution in [1.82, 2.24) is 15.6 Å². The van der Waals surface area contributed by atoms with Crippen molar-refractivity contribution in [3.63, 3.8) is 0 Å². The number of fused-ring (bicyclic) bond motifs is 2. The number of hydrogen-bond donors (Lipinski definition) is 2. The summed E-state index contributed by atoms with van der Waals surface area (Å²) >= 11 is 0. The monoisotopic (exact) mass is 428 g/mol. The molecule has 0 amide bonds. The molecule has 3 rings (SSSR count). The van der Waals surface area contributed by atoms with Crippen LogP contribution in [-0.4, -0.2) is 24.0 Å². The predicted molar refractivity (Wildman–Crippen MR) is 106 cm³/mol. The first-order valence-electron chi connectivity index (χ1n) is 8.77. The molecule has 1 heterocycles. The van der Waals surface area contributed by atoms with Gasteiger partial charge in [0.05, 0.1) is 12.2 Å². The highest BCUT2D eigenvalue weighted by molar-refractivity contribution is 14.0. The number of halogens is 1. The molecule has 3 atom stereocenters. The van der Waals surface area contributed by atoms with Crippen LogP contribution in [0.25, 0.3) is 0 Å². The lowest BCUT2D eigenvalue weighted by molar-refractivity contribution is 0.315. The summed E-state index contributed by atoms with van der Waals surface area (Å²) < 4.78 is 0. The van der Waals surface area contributed by atoms with Gasteiger partial charge >= 0.3 is 0 Å². The number of aromatic nitrogens is 1. The highest BCUT2D eigenvalue weighted by Crippen LogP contribution is 2.49. The minimum Gasteiger partial charge on any atom is -0.357 e. The van der Waals surface area contributed by atoms with Crippen molar-refractivity contribution in [3.05, 3.63) is 30.1 Å². The number of rotatable bonds is 6. The molecule has 2 bridgehead atoms. The van der Waals surface area contributed by atoms with Gasteiger partial charge in [-0.2, -0.15) is 0 Å². The van der Waals surface area contributed by atoms with E-state index >= 15 is 0 Å². The Morgan fingerprint density at radius 1 is 1.26 bits per heavy atom. The first kappa shape index (κ1) is 18.5. The van der Waals surface area contributed by atoms with Crippen LogP contribution in [0.5, 0.6) is 0 Å². The van der Waals surface area contributed by atoms with Crippen LogP contribution in [0.2, 0.25) is 0 Å². The first-order valence-corrected chi connectivity index (χ1v) is 8.77. The zero-order chi connectivity index (χ0) is 15.2. The lowest BCUT2D eigenvalue weighted by Crippen LogP contribution is -2.38. The van der Waals surface area contributed by atoms with E-state index in [0.29, 0.717) is 6.54 Å². The van der Waals surface area contributed by atoms with E-state index in [2.05, 4.69) is 27.5 Å². The maximum absolute atomic E-state index is 4.63. The van der Waals surface area contributed by atoms with Crippen molar-refractivity contribution >= 4 is 29.9 Å². The molecule has 2 saturated carbocycles. The summed E-state index contributed by atoms with van der Waals surface area (Å²) in [4.78, 5) is 8.95. The molecule has 0 aliphatic heterocycles. The highest BCUT2D eigenvalue weighted by Gasteiger charge is 2.38. The predicted octanol–water partition coefficient (Wildman–Crippen LogP) is 3.58. The fraction of sp³-hybridized carbons (Fsp3) is 0.667. The summed E-state index contributed by atoms with van der Waals surface area (Å²) in [5, 5.41) is 6.81. The summed E-state index contributed by atoms with van der Waals surface area (Å²) in [6.45, 7) is 4.66. The number of nitrogens with one attached hydrogen (secondary N) is 2. The number of nitrogens with zero attached hydrogens (tertiary/aromatic N) is 2. The van der Waals surface area contributed by atoms with Crippen LogP contribution in [0.15, 0.2) is 29.4 Å². The van der Waals surface area contributed by atoms with Gasteiger partial charge in [0.1, 0.15) is 0 Å². The fourth-order valence-corrected chi connectivity index (χ4v) is 4.10. The SMILES string of the molecule is CCNC(=NCc1ccccn1)NCCC1CC2CCC1C2.I.